The van der Waals surface area contributed by atoms with E-state index in [1.807, 2.05) is 0 Å². The second-order valence-corrected chi connectivity index (χ2v) is 6.80. The van der Waals surface area contributed by atoms with Gasteiger partial charge in [-0.1, -0.05) is 23.7 Å². The van der Waals surface area contributed by atoms with E-state index in [1.54, 1.807) is 12.1 Å². The van der Waals surface area contributed by atoms with Crippen LogP contribution in [0.1, 0.15) is 15.9 Å². The van der Waals surface area contributed by atoms with Gasteiger partial charge >= 0.3 is 5.97 Å². The van der Waals surface area contributed by atoms with E-state index in [1.165, 1.54) is 37.4 Å². The molecule has 0 aliphatic heterocycles. The summed E-state index contributed by atoms with van der Waals surface area (Å²) >= 11 is 5.92. The number of phenols is 1. The van der Waals surface area contributed by atoms with Gasteiger partial charge < -0.3 is 9.84 Å². The Morgan fingerprint density at radius 2 is 1.96 bits per heavy atom. The van der Waals surface area contributed by atoms with Gasteiger partial charge in [0.2, 0.25) is 10.0 Å². The molecule has 2 N–H and O–H groups in total. The number of nitrogens with one attached hydrogen (secondary N) is 1. The molecule has 2 rings (SSSR count). The summed E-state index contributed by atoms with van der Waals surface area (Å²) in [4.78, 5) is 11.4. The van der Waals surface area contributed by atoms with Crippen molar-refractivity contribution in [3.8, 4) is 5.75 Å². The van der Waals surface area contributed by atoms with Crippen molar-refractivity contribution in [1.82, 2.24) is 4.72 Å². The van der Waals surface area contributed by atoms with Crippen molar-refractivity contribution in [3.05, 3.63) is 58.6 Å². The van der Waals surface area contributed by atoms with E-state index in [-0.39, 0.29) is 71.8 Å². The molecule has 2 aromatic rings. The van der Waals surface area contributed by atoms with Crippen LogP contribution in [0.25, 0.3) is 0 Å². The molecule has 1 radical (unpaired) electrons. The zero-order chi connectivity index (χ0) is 17.0. The second-order valence-electron chi connectivity index (χ2n) is 4.63. The molecule has 0 saturated carbocycles. The number of halogens is 1. The summed E-state index contributed by atoms with van der Waals surface area (Å²) in [6.07, 6.45) is 0. The van der Waals surface area contributed by atoms with Crippen LogP contribution < -0.4 is 4.72 Å². The Kier molecular flexibility index (Phi) is 8.17. The fourth-order valence-electron chi connectivity index (χ4n) is 1.87. The van der Waals surface area contributed by atoms with E-state index in [9.17, 15) is 18.3 Å². The van der Waals surface area contributed by atoms with Crippen LogP contribution in [0.4, 0.5) is 0 Å². The second kappa shape index (κ2) is 9.16. The minimum atomic E-state index is -3.81. The fraction of sp³-hybridized carbons (Fsp3) is 0.133. The number of rotatable bonds is 5. The maximum atomic E-state index is 12.2. The maximum Gasteiger partial charge on any atom is 0.339 e. The maximum absolute atomic E-state index is 12.2. The number of esters is 1. The van der Waals surface area contributed by atoms with Crippen LogP contribution in [0.2, 0.25) is 5.02 Å². The third kappa shape index (κ3) is 5.43. The van der Waals surface area contributed by atoms with Gasteiger partial charge in [0.15, 0.2) is 0 Å². The summed E-state index contributed by atoms with van der Waals surface area (Å²) in [6.45, 7) is 0.00705. The minimum absolute atomic E-state index is 0. The van der Waals surface area contributed by atoms with Gasteiger partial charge in [-0.05, 0) is 35.9 Å². The number of benzene rings is 2. The Morgan fingerprint density at radius 1 is 1.25 bits per heavy atom. The number of carbonyl (C=O) groups excluding carboxylic acids is 1. The molecule has 125 valence electrons. The van der Waals surface area contributed by atoms with Crippen molar-refractivity contribution in [2.45, 2.75) is 11.4 Å². The number of aromatic hydroxyl groups is 1. The van der Waals surface area contributed by atoms with Gasteiger partial charge in [0.1, 0.15) is 5.75 Å². The van der Waals surface area contributed by atoms with Gasteiger partial charge in [0.05, 0.1) is 22.6 Å². The number of sulfonamides is 1. The Morgan fingerprint density at radius 3 is 2.54 bits per heavy atom. The average Bonchev–Trinajstić information content (AvgIpc) is 2.52. The number of phenolic OH excluding ortho intramolecular Hbond substituents is 1. The molecule has 0 aromatic heterocycles. The van der Waals surface area contributed by atoms with Gasteiger partial charge in [0, 0.05) is 50.6 Å². The van der Waals surface area contributed by atoms with Crippen molar-refractivity contribution in [2.24, 2.45) is 0 Å². The van der Waals surface area contributed by atoms with E-state index in [0.717, 1.165) is 0 Å². The summed E-state index contributed by atoms with van der Waals surface area (Å²) in [7, 11) is -2.60. The molecule has 0 bridgehead atoms. The van der Waals surface area contributed by atoms with Crippen LogP contribution in [-0.2, 0) is 21.3 Å². The first-order valence-corrected chi connectivity index (χ1v) is 8.35. The molecule has 0 saturated heterocycles. The van der Waals surface area contributed by atoms with Crippen molar-refractivity contribution in [2.75, 3.05) is 7.11 Å². The quantitative estimate of drug-likeness (QED) is 0.528. The van der Waals surface area contributed by atoms with Gasteiger partial charge in [0.25, 0.3) is 0 Å². The third-order valence-corrected chi connectivity index (χ3v) is 4.74. The van der Waals surface area contributed by atoms with E-state index in [4.69, 9.17) is 11.6 Å². The van der Waals surface area contributed by atoms with Crippen LogP contribution in [0.15, 0.2) is 47.4 Å². The van der Waals surface area contributed by atoms with Crippen LogP contribution in [0.5, 0.6) is 5.75 Å². The van der Waals surface area contributed by atoms with Gasteiger partial charge in [-0.2, -0.15) is 0 Å². The molecule has 0 heterocycles. The van der Waals surface area contributed by atoms with Gasteiger partial charge in [-0.25, -0.2) is 17.9 Å². The fourth-order valence-corrected chi connectivity index (χ4v) is 3.23. The molecular weight excluding hydrogens is 569 g/mol. The predicted octanol–water partition coefficient (Wildman–Crippen LogP) is 2.31. The van der Waals surface area contributed by atoms with Crippen LogP contribution in [0.3, 0.4) is 0 Å². The molecular formula is C15H14AcClNO5S. The number of methoxy groups -OCH3 is 1. The van der Waals surface area contributed by atoms with Crippen molar-refractivity contribution >= 4 is 27.6 Å². The summed E-state index contributed by atoms with van der Waals surface area (Å²) in [6, 6.07) is 9.97. The monoisotopic (exact) mass is 582 g/mol. The Balaban J connectivity index is 0.00000288. The standard InChI is InChI=1S/C15H14ClNO5S.Ac/c1-22-15(19)13-6-5-12(8-14(13)16)23(20,21)17-9-10-3-2-4-11(18)7-10;/h2-8,17-18H,9H2,1H3;. The molecule has 2 aromatic carbocycles. The summed E-state index contributed by atoms with van der Waals surface area (Å²) in [5, 5.41) is 9.35. The molecule has 0 aliphatic carbocycles. The van der Waals surface area contributed by atoms with E-state index in [0.29, 0.717) is 5.56 Å². The van der Waals surface area contributed by atoms with Crippen LogP contribution >= 0.6 is 11.6 Å². The van der Waals surface area contributed by atoms with E-state index >= 15 is 0 Å². The molecule has 0 spiro atoms. The van der Waals surface area contributed by atoms with Crippen molar-refractivity contribution in [3.63, 3.8) is 0 Å². The summed E-state index contributed by atoms with van der Waals surface area (Å²) in [5.41, 5.74) is 0.687. The van der Waals surface area contributed by atoms with Gasteiger partial charge in [-0.15, -0.1) is 0 Å². The topological polar surface area (TPSA) is 92.7 Å². The summed E-state index contributed by atoms with van der Waals surface area (Å²) in [5.74, 6) is -0.598. The molecule has 6 nitrogen and oxygen atoms in total. The average molecular weight is 583 g/mol. The molecule has 0 aliphatic rings. The predicted molar refractivity (Wildman–Crippen MR) is 84.9 cm³/mol. The molecule has 0 atom stereocenters. The zero-order valence-electron chi connectivity index (χ0n) is 12.7. The molecule has 9 heteroatoms. The van der Waals surface area contributed by atoms with Gasteiger partial charge in [-0.3, -0.25) is 0 Å². The van der Waals surface area contributed by atoms with E-state index in [2.05, 4.69) is 9.46 Å². The van der Waals surface area contributed by atoms with Crippen molar-refractivity contribution < 1.29 is 67.1 Å². The first-order chi connectivity index (χ1) is 10.8. The molecule has 24 heavy (non-hydrogen) atoms. The molecule has 0 fully saturated rings. The smallest absolute Gasteiger partial charge is 0.339 e. The minimum Gasteiger partial charge on any atom is -0.508 e. The van der Waals surface area contributed by atoms with E-state index < -0.39 is 16.0 Å². The first kappa shape index (κ1) is 21.4. The van der Waals surface area contributed by atoms with Crippen molar-refractivity contribution in [1.29, 1.82) is 0 Å². The largest absolute Gasteiger partial charge is 0.508 e. The van der Waals surface area contributed by atoms with Crippen LogP contribution in [0, 0.1) is 44.1 Å². The summed E-state index contributed by atoms with van der Waals surface area (Å²) < 4.78 is 31.4. The zero-order valence-corrected chi connectivity index (χ0v) is 19.0. The number of hydrogen-bond acceptors (Lipinski definition) is 5. The Labute approximate surface area is 180 Å². The normalized spacial score (nSPS) is 10.8. The van der Waals surface area contributed by atoms with Crippen LogP contribution in [-0.4, -0.2) is 26.6 Å². The third-order valence-electron chi connectivity index (χ3n) is 3.03. The number of hydrogen-bond donors (Lipinski definition) is 2. The first-order valence-electron chi connectivity index (χ1n) is 6.49. The Hall–Kier alpha value is -0.648. The number of carbonyl (C=O) groups is 1. The molecule has 0 unspecified atom stereocenters. The molecule has 0 amide bonds. The Bertz CT molecular complexity index is 842. The SMILES string of the molecule is COC(=O)c1ccc(S(=O)(=O)NCc2cccc(O)c2)cc1Cl.[Ac]. The number of ether oxygens (including phenoxy) is 1.